The first-order valence-electron chi connectivity index (χ1n) is 9.67. The molecular weight excluding hydrogens is 439 g/mol. The Morgan fingerprint density at radius 3 is 2.69 bits per heavy atom. The number of carbonyl (C=O) groups is 1. The molecule has 1 unspecified atom stereocenters. The molecule has 1 saturated carbocycles. The number of hydrogen-bond acceptors (Lipinski definition) is 4. The van der Waals surface area contributed by atoms with Crippen molar-refractivity contribution in [2.45, 2.75) is 30.8 Å². The quantitative estimate of drug-likeness (QED) is 0.613. The summed E-state index contributed by atoms with van der Waals surface area (Å²) < 4.78 is 32.3. The predicted molar refractivity (Wildman–Crippen MR) is 107 cm³/mol. The Morgan fingerprint density at radius 2 is 1.93 bits per heavy atom. The topological polar surface area (TPSA) is 44.8 Å². The molecule has 2 aromatic carbocycles. The van der Waals surface area contributed by atoms with Crippen molar-refractivity contribution in [2.75, 3.05) is 7.11 Å². The van der Waals surface area contributed by atoms with E-state index >= 15 is 0 Å². The fourth-order valence-electron chi connectivity index (χ4n) is 5.01. The highest BCUT2D eigenvalue weighted by Gasteiger charge is 2.57. The molecule has 6 atom stereocenters. The highest BCUT2D eigenvalue weighted by atomic mass is 79.9. The normalized spacial score (nSPS) is 32.6. The van der Waals surface area contributed by atoms with Crippen molar-refractivity contribution in [1.82, 2.24) is 0 Å². The summed E-state index contributed by atoms with van der Waals surface area (Å²) in [5.41, 5.74) is 2.40. The predicted octanol–water partition coefficient (Wildman–Crippen LogP) is 4.90. The Kier molecular flexibility index (Phi) is 4.81. The SMILES string of the molecule is COC(=O)C1=C[C@H](c2ccccc2Br)[C@H]2C[C@@H]1[C@@H]1OC(c3cccc(F)c3)O[C@H]21. The third-order valence-corrected chi connectivity index (χ3v) is 6.98. The zero-order valence-electron chi connectivity index (χ0n) is 15.8. The Bertz CT molecular complexity index is 990. The standard InChI is InChI=1S/C23H20BrFO4/c1-27-22(26)18-10-15(14-7-2-3-8-19(14)24)16-11-17(18)21-20(16)28-23(29-21)12-5-4-6-13(25)9-12/h2-10,15-17,20-21,23H,11H2,1H3/t15-,16-,17+,20-,21+,23?/m1/s1. The third kappa shape index (κ3) is 3.14. The van der Waals surface area contributed by atoms with Crippen LogP contribution >= 0.6 is 15.9 Å². The van der Waals surface area contributed by atoms with E-state index in [0.29, 0.717) is 11.1 Å². The van der Waals surface area contributed by atoms with Crippen LogP contribution in [0.5, 0.6) is 0 Å². The van der Waals surface area contributed by atoms with Crippen LogP contribution in [-0.4, -0.2) is 25.3 Å². The van der Waals surface area contributed by atoms with E-state index in [1.807, 2.05) is 24.3 Å². The molecule has 2 aliphatic carbocycles. The number of carbonyl (C=O) groups excluding carboxylic acids is 1. The van der Waals surface area contributed by atoms with Gasteiger partial charge in [0.25, 0.3) is 0 Å². The number of fused-ring (bicyclic) bond motifs is 5. The van der Waals surface area contributed by atoms with E-state index < -0.39 is 6.29 Å². The molecule has 1 heterocycles. The van der Waals surface area contributed by atoms with E-state index in [1.165, 1.54) is 19.2 Å². The van der Waals surface area contributed by atoms with Crippen LogP contribution in [-0.2, 0) is 19.0 Å². The lowest BCUT2D eigenvalue weighted by atomic mass is 9.77. The molecule has 0 N–H and O–H groups in total. The summed E-state index contributed by atoms with van der Waals surface area (Å²) in [6.45, 7) is 0. The number of rotatable bonds is 3. The summed E-state index contributed by atoms with van der Waals surface area (Å²) in [5.74, 6) is -0.580. The van der Waals surface area contributed by atoms with Gasteiger partial charge in [-0.3, -0.25) is 0 Å². The Balaban J connectivity index is 1.53. The molecule has 29 heavy (non-hydrogen) atoms. The van der Waals surface area contributed by atoms with Crippen LogP contribution in [0.15, 0.2) is 64.7 Å². The molecule has 3 aliphatic rings. The first-order valence-corrected chi connectivity index (χ1v) is 10.5. The molecule has 0 radical (unpaired) electrons. The van der Waals surface area contributed by atoms with Crippen molar-refractivity contribution in [3.05, 3.63) is 81.6 Å². The van der Waals surface area contributed by atoms with Gasteiger partial charge in [0.05, 0.1) is 19.3 Å². The number of esters is 1. The second kappa shape index (κ2) is 7.35. The smallest absolute Gasteiger partial charge is 0.333 e. The molecule has 0 spiro atoms. The van der Waals surface area contributed by atoms with Crippen molar-refractivity contribution in [1.29, 1.82) is 0 Å². The zero-order valence-corrected chi connectivity index (χ0v) is 17.3. The van der Waals surface area contributed by atoms with Gasteiger partial charge in [0.15, 0.2) is 6.29 Å². The molecule has 1 saturated heterocycles. The molecule has 4 nitrogen and oxygen atoms in total. The maximum Gasteiger partial charge on any atom is 0.333 e. The molecule has 0 amide bonds. The van der Waals surface area contributed by atoms with Crippen LogP contribution in [0.2, 0.25) is 0 Å². The monoisotopic (exact) mass is 458 g/mol. The van der Waals surface area contributed by atoms with E-state index in [1.54, 1.807) is 12.1 Å². The molecule has 2 aromatic rings. The zero-order chi connectivity index (χ0) is 20.1. The van der Waals surface area contributed by atoms with Crippen molar-refractivity contribution in [2.24, 2.45) is 11.8 Å². The van der Waals surface area contributed by atoms with Gasteiger partial charge < -0.3 is 14.2 Å². The lowest BCUT2D eigenvalue weighted by Gasteiger charge is -2.30. The van der Waals surface area contributed by atoms with Crippen LogP contribution in [0.4, 0.5) is 4.39 Å². The van der Waals surface area contributed by atoms with Gasteiger partial charge in [0.2, 0.25) is 0 Å². The van der Waals surface area contributed by atoms with E-state index in [9.17, 15) is 9.18 Å². The van der Waals surface area contributed by atoms with Crippen LogP contribution in [0.3, 0.4) is 0 Å². The van der Waals surface area contributed by atoms with Crippen LogP contribution in [0.25, 0.3) is 0 Å². The van der Waals surface area contributed by atoms with Crippen LogP contribution in [0, 0.1) is 17.7 Å². The van der Waals surface area contributed by atoms with Gasteiger partial charge in [-0.2, -0.15) is 0 Å². The summed E-state index contributed by atoms with van der Waals surface area (Å²) in [4.78, 5) is 12.6. The van der Waals surface area contributed by atoms with Crippen LogP contribution in [0.1, 0.15) is 29.8 Å². The van der Waals surface area contributed by atoms with Crippen molar-refractivity contribution < 1.29 is 23.4 Å². The van der Waals surface area contributed by atoms with Crippen molar-refractivity contribution in [3.63, 3.8) is 0 Å². The Morgan fingerprint density at radius 1 is 1.14 bits per heavy atom. The summed E-state index contributed by atoms with van der Waals surface area (Å²) >= 11 is 3.65. The minimum absolute atomic E-state index is 0.000726. The molecule has 0 aromatic heterocycles. The minimum Gasteiger partial charge on any atom is -0.466 e. The van der Waals surface area contributed by atoms with E-state index in [-0.39, 0.29) is 41.7 Å². The highest BCUT2D eigenvalue weighted by molar-refractivity contribution is 9.10. The first kappa shape index (κ1) is 19.0. The number of hydrogen-bond donors (Lipinski definition) is 0. The lowest BCUT2D eigenvalue weighted by Crippen LogP contribution is -2.26. The molecule has 5 rings (SSSR count). The second-order valence-corrected chi connectivity index (χ2v) is 8.61. The number of ether oxygens (including phenoxy) is 3. The number of allylic oxidation sites excluding steroid dienone is 1. The molecule has 2 fully saturated rings. The van der Waals surface area contributed by atoms with Gasteiger partial charge in [-0.1, -0.05) is 52.3 Å². The maximum absolute atomic E-state index is 13.7. The minimum atomic E-state index is -0.636. The molecule has 6 heteroatoms. The lowest BCUT2D eigenvalue weighted by molar-refractivity contribution is -0.138. The van der Waals surface area contributed by atoms with E-state index in [0.717, 1.165) is 16.5 Å². The summed E-state index contributed by atoms with van der Waals surface area (Å²) in [6, 6.07) is 14.3. The largest absolute Gasteiger partial charge is 0.466 e. The fraction of sp³-hybridized carbons (Fsp3) is 0.348. The first-order chi connectivity index (χ1) is 14.1. The van der Waals surface area contributed by atoms with Gasteiger partial charge in [-0.15, -0.1) is 0 Å². The van der Waals surface area contributed by atoms with Gasteiger partial charge >= 0.3 is 5.97 Å². The summed E-state index contributed by atoms with van der Waals surface area (Å²) in [5, 5.41) is 0. The molecule has 2 bridgehead atoms. The van der Waals surface area contributed by atoms with Crippen molar-refractivity contribution in [3.8, 4) is 0 Å². The maximum atomic E-state index is 13.7. The molecular formula is C23H20BrFO4. The van der Waals surface area contributed by atoms with Gasteiger partial charge in [0, 0.05) is 27.4 Å². The molecule has 150 valence electrons. The average Bonchev–Trinajstić information content (AvgIpc) is 3.28. The van der Waals surface area contributed by atoms with E-state index in [4.69, 9.17) is 14.2 Å². The number of methoxy groups -OCH3 is 1. The summed E-state index contributed by atoms with van der Waals surface area (Å²) in [6.07, 6.45) is 1.74. The van der Waals surface area contributed by atoms with E-state index in [2.05, 4.69) is 22.0 Å². The Hall–Kier alpha value is -2.02. The van der Waals surface area contributed by atoms with Crippen LogP contribution < -0.4 is 0 Å². The van der Waals surface area contributed by atoms with Gasteiger partial charge in [-0.05, 0) is 36.1 Å². The third-order valence-electron chi connectivity index (χ3n) is 6.26. The fourth-order valence-corrected chi connectivity index (χ4v) is 5.56. The number of benzene rings is 2. The molecule has 1 aliphatic heterocycles. The Labute approximate surface area is 176 Å². The number of halogens is 2. The van der Waals surface area contributed by atoms with Gasteiger partial charge in [-0.25, -0.2) is 9.18 Å². The van der Waals surface area contributed by atoms with Crippen molar-refractivity contribution >= 4 is 21.9 Å². The highest BCUT2D eigenvalue weighted by Crippen LogP contribution is 2.56. The average molecular weight is 459 g/mol. The van der Waals surface area contributed by atoms with Gasteiger partial charge in [0.1, 0.15) is 5.82 Å². The summed E-state index contributed by atoms with van der Waals surface area (Å²) in [7, 11) is 1.40. The second-order valence-electron chi connectivity index (χ2n) is 7.76.